The van der Waals surface area contributed by atoms with E-state index >= 15 is 0 Å². The minimum absolute atomic E-state index is 0.00893. The number of pyridine rings is 1. The number of benzene rings is 1. The smallest absolute Gasteiger partial charge is 0.454 e. The number of rotatable bonds is 3. The fourth-order valence-corrected chi connectivity index (χ4v) is 3.65. The van der Waals surface area contributed by atoms with Crippen molar-refractivity contribution < 1.29 is 32.2 Å². The Hall–Kier alpha value is -3.01. The molecule has 1 aromatic carbocycles. The maximum absolute atomic E-state index is 13.1. The zero-order chi connectivity index (χ0) is 21.5. The second-order valence-electron chi connectivity index (χ2n) is 7.14. The Morgan fingerprint density at radius 2 is 1.83 bits per heavy atom. The summed E-state index contributed by atoms with van der Waals surface area (Å²) in [6.45, 7) is 1.91. The minimum atomic E-state index is -4.70. The van der Waals surface area contributed by atoms with Crippen LogP contribution in [0, 0.1) is 6.92 Å². The maximum Gasteiger partial charge on any atom is 0.522 e. The number of aromatic nitrogens is 1. The lowest BCUT2D eigenvalue weighted by Crippen LogP contribution is -2.44. The molecule has 0 radical (unpaired) electrons. The molecule has 4 rings (SSSR count). The first-order chi connectivity index (χ1) is 14.2. The van der Waals surface area contributed by atoms with Crippen LogP contribution in [-0.2, 0) is 4.74 Å². The van der Waals surface area contributed by atoms with Crippen molar-refractivity contribution in [2.75, 3.05) is 19.9 Å². The summed E-state index contributed by atoms with van der Waals surface area (Å²) < 4.78 is 53.2. The largest absolute Gasteiger partial charge is 0.522 e. The first kappa shape index (κ1) is 20.3. The third kappa shape index (κ3) is 4.00. The van der Waals surface area contributed by atoms with Gasteiger partial charge in [0.05, 0.1) is 11.8 Å². The number of ether oxygens (including phenoxy) is 3. The summed E-state index contributed by atoms with van der Waals surface area (Å²) in [5.41, 5.74) is 0.490. The highest BCUT2D eigenvalue weighted by molar-refractivity contribution is 5.95. The van der Waals surface area contributed by atoms with E-state index in [1.54, 1.807) is 37.4 Å². The second-order valence-corrected chi connectivity index (χ2v) is 7.14. The third-order valence-corrected chi connectivity index (χ3v) is 5.18. The van der Waals surface area contributed by atoms with E-state index < -0.39 is 23.9 Å². The minimum Gasteiger partial charge on any atom is -0.454 e. The Morgan fingerprint density at radius 1 is 1.13 bits per heavy atom. The van der Waals surface area contributed by atoms with Crippen LogP contribution < -0.4 is 15.0 Å². The lowest BCUT2D eigenvalue weighted by Gasteiger charge is -2.32. The molecular weight excluding hydrogens is 405 g/mol. The molecule has 1 saturated heterocycles. The van der Waals surface area contributed by atoms with Crippen molar-refractivity contribution in [1.29, 1.82) is 0 Å². The molecule has 2 aliphatic rings. The summed E-state index contributed by atoms with van der Waals surface area (Å²) in [5, 5.41) is 0. The summed E-state index contributed by atoms with van der Waals surface area (Å²) in [7, 11) is 0. The van der Waals surface area contributed by atoms with E-state index in [9.17, 15) is 22.8 Å². The Kier molecular flexibility index (Phi) is 5.19. The molecule has 0 atom stereocenters. The van der Waals surface area contributed by atoms with E-state index in [4.69, 9.17) is 9.47 Å². The number of alkyl halides is 3. The van der Waals surface area contributed by atoms with Gasteiger partial charge in [0.15, 0.2) is 11.5 Å². The first-order valence-electron chi connectivity index (χ1n) is 9.39. The van der Waals surface area contributed by atoms with Crippen molar-refractivity contribution in [3.8, 4) is 17.2 Å². The Labute approximate surface area is 169 Å². The van der Waals surface area contributed by atoms with E-state index in [0.29, 0.717) is 22.7 Å². The molecule has 0 spiro atoms. The predicted molar refractivity (Wildman–Crippen MR) is 99.0 cm³/mol. The van der Waals surface area contributed by atoms with Gasteiger partial charge in [-0.2, -0.15) is 0 Å². The first-order valence-corrected chi connectivity index (χ1v) is 9.39. The molecule has 1 amide bonds. The van der Waals surface area contributed by atoms with Crippen molar-refractivity contribution in [3.63, 3.8) is 0 Å². The summed E-state index contributed by atoms with van der Waals surface area (Å²) in [4.78, 5) is 27.5. The lowest BCUT2D eigenvalue weighted by atomic mass is 10.0. The van der Waals surface area contributed by atoms with Crippen LogP contribution in [0.1, 0.15) is 28.8 Å². The number of fused-ring (bicyclic) bond motifs is 1. The number of amides is 1. The molecule has 0 unspecified atom stereocenters. The van der Waals surface area contributed by atoms with Gasteiger partial charge in [-0.3, -0.25) is 18.9 Å². The lowest BCUT2D eigenvalue weighted by molar-refractivity contribution is -0.345. The van der Waals surface area contributed by atoms with Gasteiger partial charge in [-0.25, -0.2) is 0 Å². The van der Waals surface area contributed by atoms with Gasteiger partial charge in [0, 0.05) is 25.4 Å². The number of carbonyl (C=O) groups excluding carboxylic acids is 1. The predicted octanol–water partition coefficient (Wildman–Crippen LogP) is 3.02. The molecule has 160 valence electrons. The molecule has 0 aliphatic carbocycles. The van der Waals surface area contributed by atoms with Crippen LogP contribution in [0.4, 0.5) is 13.2 Å². The summed E-state index contributed by atoms with van der Waals surface area (Å²) in [6.07, 6.45) is -4.03. The van der Waals surface area contributed by atoms with Gasteiger partial charge in [0.1, 0.15) is 5.56 Å². The number of halogens is 3. The molecule has 0 N–H and O–H groups in total. The summed E-state index contributed by atoms with van der Waals surface area (Å²) in [6, 6.07) is 6.65. The topological polar surface area (TPSA) is 70.0 Å². The average Bonchev–Trinajstić information content (AvgIpc) is 3.15. The Balaban J connectivity index is 1.57. The highest BCUT2D eigenvalue weighted by atomic mass is 19.4. The summed E-state index contributed by atoms with van der Waals surface area (Å²) >= 11 is 0. The molecule has 2 aromatic rings. The number of carbonyl (C=O) groups is 1. The van der Waals surface area contributed by atoms with Crippen LogP contribution >= 0.6 is 0 Å². The number of nitrogens with zero attached hydrogens (tertiary/aromatic N) is 2. The molecule has 2 aliphatic heterocycles. The fourth-order valence-electron chi connectivity index (χ4n) is 3.65. The van der Waals surface area contributed by atoms with Gasteiger partial charge in [0.25, 0.3) is 11.5 Å². The Bertz CT molecular complexity index is 1030. The van der Waals surface area contributed by atoms with Crippen molar-refractivity contribution in [1.82, 2.24) is 9.47 Å². The molecule has 7 nitrogen and oxygen atoms in total. The number of piperidine rings is 1. The van der Waals surface area contributed by atoms with Crippen LogP contribution in [0.3, 0.4) is 0 Å². The molecule has 0 saturated carbocycles. The molecule has 3 heterocycles. The highest BCUT2D eigenvalue weighted by Gasteiger charge is 2.36. The standard InChI is InChI=1S/C20H19F3N2O5/c1-12-4-9-25(13-2-3-15-16(10-13)29-11-28-15)19(27)17(12)18(26)24-7-5-14(6-8-24)30-20(21,22)23/h2-4,9-10,14H,5-8,11H2,1H3. The van der Waals surface area contributed by atoms with Gasteiger partial charge in [-0.1, -0.05) is 0 Å². The SMILES string of the molecule is Cc1ccn(-c2ccc3c(c2)OCO3)c(=O)c1C(=O)N1CCC(OC(F)(F)F)CC1. The molecule has 0 bridgehead atoms. The third-order valence-electron chi connectivity index (χ3n) is 5.18. The molecular formula is C20H19F3N2O5. The monoisotopic (exact) mass is 424 g/mol. The number of hydrogen-bond acceptors (Lipinski definition) is 5. The summed E-state index contributed by atoms with van der Waals surface area (Å²) in [5.74, 6) is 0.566. The van der Waals surface area contributed by atoms with Gasteiger partial charge >= 0.3 is 6.36 Å². The molecule has 30 heavy (non-hydrogen) atoms. The van der Waals surface area contributed by atoms with Crippen molar-refractivity contribution in [2.45, 2.75) is 32.2 Å². The van der Waals surface area contributed by atoms with Crippen LogP contribution in [-0.4, -0.2) is 47.7 Å². The number of hydrogen-bond donors (Lipinski definition) is 0. The van der Waals surface area contributed by atoms with Crippen LogP contribution in [0.15, 0.2) is 35.3 Å². The number of likely N-dealkylation sites (tertiary alicyclic amines) is 1. The highest BCUT2D eigenvalue weighted by Crippen LogP contribution is 2.33. The van der Waals surface area contributed by atoms with Crippen molar-refractivity contribution in [2.24, 2.45) is 0 Å². The van der Waals surface area contributed by atoms with E-state index in [-0.39, 0.29) is 38.3 Å². The van der Waals surface area contributed by atoms with Crippen LogP contribution in [0.5, 0.6) is 11.5 Å². The van der Waals surface area contributed by atoms with Crippen LogP contribution in [0.2, 0.25) is 0 Å². The Morgan fingerprint density at radius 3 is 2.53 bits per heavy atom. The van der Waals surface area contributed by atoms with Gasteiger partial charge in [-0.15, -0.1) is 13.2 Å². The number of aryl methyl sites for hydroxylation is 1. The maximum atomic E-state index is 13.1. The van der Waals surface area contributed by atoms with Crippen LogP contribution in [0.25, 0.3) is 5.69 Å². The second kappa shape index (κ2) is 7.67. The van der Waals surface area contributed by atoms with E-state index in [1.807, 2.05) is 0 Å². The van der Waals surface area contributed by atoms with E-state index in [2.05, 4.69) is 4.74 Å². The fraction of sp³-hybridized carbons (Fsp3) is 0.400. The normalized spacial score (nSPS) is 16.7. The quantitative estimate of drug-likeness (QED) is 0.758. The van der Waals surface area contributed by atoms with Gasteiger partial charge in [0.2, 0.25) is 6.79 Å². The molecule has 1 fully saturated rings. The van der Waals surface area contributed by atoms with Crippen molar-refractivity contribution >= 4 is 5.91 Å². The van der Waals surface area contributed by atoms with E-state index in [1.165, 1.54) is 9.47 Å². The zero-order valence-corrected chi connectivity index (χ0v) is 16.1. The van der Waals surface area contributed by atoms with Gasteiger partial charge < -0.3 is 14.4 Å². The van der Waals surface area contributed by atoms with E-state index in [0.717, 1.165) is 0 Å². The van der Waals surface area contributed by atoms with Gasteiger partial charge in [-0.05, 0) is 43.5 Å². The average molecular weight is 424 g/mol. The zero-order valence-electron chi connectivity index (χ0n) is 16.1. The molecule has 1 aromatic heterocycles. The molecule has 10 heteroatoms. The van der Waals surface area contributed by atoms with Crippen molar-refractivity contribution in [3.05, 3.63) is 51.9 Å².